The zero-order chi connectivity index (χ0) is 64.7. The second kappa shape index (κ2) is 35.2. The summed E-state index contributed by atoms with van der Waals surface area (Å²) >= 11 is 6.79. The van der Waals surface area contributed by atoms with Crippen LogP contribution in [0.2, 0.25) is 5.02 Å². The van der Waals surface area contributed by atoms with Crippen molar-refractivity contribution in [2.45, 2.75) is 148 Å². The summed E-state index contributed by atoms with van der Waals surface area (Å²) in [5, 5.41) is 25.5. The first-order valence-electron chi connectivity index (χ1n) is 28.9. The van der Waals surface area contributed by atoms with Gasteiger partial charge in [0.25, 0.3) is 0 Å². The van der Waals surface area contributed by atoms with Crippen LogP contribution in [-0.2, 0) is 65.5 Å². The number of allylic oxidation sites excluding steroid dienone is 3. The van der Waals surface area contributed by atoms with Gasteiger partial charge >= 0.3 is 24.2 Å². The second-order valence-electron chi connectivity index (χ2n) is 22.3. The van der Waals surface area contributed by atoms with Crippen LogP contribution in [0, 0.1) is 17.8 Å². The third-order valence-electron chi connectivity index (χ3n) is 15.1. The Morgan fingerprint density at radius 2 is 1.63 bits per heavy atom. The topological polar surface area (TPSA) is 333 Å². The molecular weight excluding hydrogens is 1150 g/mol. The summed E-state index contributed by atoms with van der Waals surface area (Å²) in [7, 11) is 12.5. The van der Waals surface area contributed by atoms with E-state index in [0.717, 1.165) is 16.0 Å². The number of ether oxygens (including phenoxy) is 5. The maximum atomic E-state index is 14.3. The number of alkyl carbamates (subject to hydrolysis) is 1. The molecule has 0 saturated carbocycles. The predicted octanol–water partition coefficient (Wildman–Crippen LogP) is 4.57. The molecule has 25 nitrogen and oxygen atoms in total. The van der Waals surface area contributed by atoms with Crippen molar-refractivity contribution in [2.24, 2.45) is 23.5 Å². The lowest BCUT2D eigenvalue weighted by Gasteiger charge is -2.39. The molecule has 27 heteroatoms. The van der Waals surface area contributed by atoms with Gasteiger partial charge in [0.1, 0.15) is 48.2 Å². The molecule has 0 aliphatic carbocycles. The highest BCUT2D eigenvalue weighted by Gasteiger charge is 2.42. The molecule has 9 atom stereocenters. The number of fused-ring (bicyclic) bond motifs is 4. The standard InChI is InChI=1S/C60H85BClN9O16/c1-34(2)54(68-49(73)19-12-11-18-48(61)72)57(79)66-41(16-14-25-64-58(63)80)56(78)65-40-22-20-38(21-23-40)33-85-60(82)69(6)26-24-50(74)70(7)32-52(76)86-46-31-51(75)71(8)43-28-39(29-47(84-10)53(43)62)27-35(3)15-13-17-44(83-9)42-30-45(87-59(81)67-42)36(4)55(77)37(46)5/h13,15,17,20-23,28-29,34,36-37,41-42,44-46,54-55,77H,11-12,14,16,18-19,24-27,30-33H2,1-10H3,(H,65,78)(H,66,79)(H,67,81)(H,68,73)(H3,63,64,80)/b17-13+,35-15+/t36-,37-,41+,42?,44-,45+,46+,54+,55+/m1/s1. The number of amides is 9. The molecular formula is C60H85BClN9O16. The van der Waals surface area contributed by atoms with E-state index in [2.05, 4.69) is 26.6 Å². The molecule has 1 unspecified atom stereocenters. The number of hydrogen-bond acceptors (Lipinski definition) is 16. The van der Waals surface area contributed by atoms with Gasteiger partial charge in [-0.2, -0.15) is 0 Å². The molecule has 2 aliphatic heterocycles. The van der Waals surface area contributed by atoms with E-state index in [1.807, 2.05) is 25.2 Å². The number of anilines is 2. The molecule has 476 valence electrons. The Bertz CT molecular complexity index is 2800. The normalized spacial score (nSPS) is 21.5. The van der Waals surface area contributed by atoms with Gasteiger partial charge in [-0.25, -0.2) is 14.4 Å². The van der Waals surface area contributed by atoms with E-state index < -0.39 is 127 Å². The fraction of sp³-hybridized carbons (Fsp3) is 0.567. The number of benzene rings is 2. The van der Waals surface area contributed by atoms with Gasteiger partial charge in [-0.05, 0) is 86.8 Å². The number of carbonyl (C=O) groups excluding carboxylic acids is 10. The summed E-state index contributed by atoms with van der Waals surface area (Å²) in [6, 6.07) is 6.46. The molecule has 2 aromatic carbocycles. The number of halogens is 1. The average molecular weight is 1230 g/mol. The molecule has 8 N–H and O–H groups in total. The van der Waals surface area contributed by atoms with Crippen molar-refractivity contribution < 1.29 is 76.7 Å². The Labute approximate surface area is 514 Å². The number of likely N-dealkylation sites (N-methyl/N-ethyl adjacent to an activating group) is 1. The van der Waals surface area contributed by atoms with Gasteiger partial charge in [0.15, 0.2) is 7.85 Å². The van der Waals surface area contributed by atoms with Gasteiger partial charge in [-0.15, -0.1) is 0 Å². The van der Waals surface area contributed by atoms with E-state index in [-0.39, 0.29) is 69.2 Å². The van der Waals surface area contributed by atoms with E-state index in [9.17, 15) is 53.1 Å². The molecule has 2 radical (unpaired) electrons. The van der Waals surface area contributed by atoms with Crippen LogP contribution in [0.15, 0.2) is 60.2 Å². The number of nitrogens with zero attached hydrogens (tertiary/aromatic N) is 3. The van der Waals surface area contributed by atoms with Crippen LogP contribution < -0.4 is 42.0 Å². The fourth-order valence-corrected chi connectivity index (χ4v) is 10.1. The number of nitrogens with one attached hydrogen (secondary N) is 5. The summed E-state index contributed by atoms with van der Waals surface area (Å²) in [6.07, 6.45) is 1.52. The lowest BCUT2D eigenvalue weighted by atomic mass is 9.82. The highest BCUT2D eigenvalue weighted by atomic mass is 35.5. The highest BCUT2D eigenvalue weighted by molar-refractivity contribution is 6.57. The fourth-order valence-electron chi connectivity index (χ4n) is 9.75. The monoisotopic (exact) mass is 1230 g/mol. The number of rotatable bonds is 25. The molecule has 2 heterocycles. The van der Waals surface area contributed by atoms with Crippen LogP contribution in [0.3, 0.4) is 0 Å². The molecule has 2 aliphatic rings. The smallest absolute Gasteiger partial charge is 0.409 e. The Kier molecular flexibility index (Phi) is 29.0. The van der Waals surface area contributed by atoms with Crippen molar-refractivity contribution in [1.29, 1.82) is 0 Å². The predicted molar refractivity (Wildman–Crippen MR) is 324 cm³/mol. The minimum atomic E-state index is -1.29. The Morgan fingerprint density at radius 3 is 2.28 bits per heavy atom. The molecule has 0 aromatic heterocycles. The third kappa shape index (κ3) is 23.2. The van der Waals surface area contributed by atoms with Gasteiger partial charge in [0.2, 0.25) is 29.5 Å². The van der Waals surface area contributed by atoms with Gasteiger partial charge in [-0.1, -0.05) is 75.2 Å². The number of aliphatic hydroxyl groups is 1. The molecule has 4 rings (SSSR count). The molecule has 1 saturated heterocycles. The second-order valence-corrected chi connectivity index (χ2v) is 22.7. The van der Waals surface area contributed by atoms with E-state index >= 15 is 0 Å². The number of methoxy groups -OCH3 is 2. The van der Waals surface area contributed by atoms with E-state index in [0.29, 0.717) is 42.0 Å². The van der Waals surface area contributed by atoms with Crippen LogP contribution in [0.1, 0.15) is 104 Å². The summed E-state index contributed by atoms with van der Waals surface area (Å²) in [5.74, 6) is -5.27. The minimum Gasteiger partial charge on any atom is -0.495 e. The minimum absolute atomic E-state index is 0.0612. The number of primary amides is 1. The lowest BCUT2D eigenvalue weighted by molar-refractivity contribution is -0.160. The summed E-state index contributed by atoms with van der Waals surface area (Å²) in [6.45, 7) is 7.95. The number of carbonyl (C=O) groups is 10. The van der Waals surface area contributed by atoms with Crippen LogP contribution >= 0.6 is 11.6 Å². The molecule has 1 fully saturated rings. The van der Waals surface area contributed by atoms with Crippen molar-refractivity contribution in [3.05, 3.63) is 76.3 Å². The molecule has 2 aromatic rings. The van der Waals surface area contributed by atoms with Crippen LogP contribution in [0.4, 0.5) is 25.8 Å². The Hall–Kier alpha value is -7.71. The SMILES string of the molecule is [B]C(=O)CCCCC(=O)N[C@H](C(=O)N[C@@H](CCCNC(N)=O)C(=O)Nc1ccc(COC(=O)N(C)CCC(=O)N(C)CC(=O)O[C@H]2CC(=O)N(C)c3cc(cc(OC)c3Cl)C/C(C)=C/C=C/[C@@H](OC)C3C[C@H](OC(=O)N3)[C@@H](C)[C@H](O)[C@@H]2C)cc1)C(C)C. The number of hydrogen-bond donors (Lipinski definition) is 7. The first-order chi connectivity index (χ1) is 41.1. The summed E-state index contributed by atoms with van der Waals surface area (Å²) in [5.41, 5.74) is 7.62. The van der Waals surface area contributed by atoms with E-state index in [1.54, 1.807) is 64.1 Å². The van der Waals surface area contributed by atoms with Gasteiger partial charge < -0.3 is 80.6 Å². The van der Waals surface area contributed by atoms with Crippen LogP contribution in [0.5, 0.6) is 5.75 Å². The number of esters is 1. The van der Waals surface area contributed by atoms with E-state index in [4.69, 9.17) is 48.9 Å². The van der Waals surface area contributed by atoms with Crippen molar-refractivity contribution in [3.8, 4) is 5.75 Å². The molecule has 9 amide bonds. The molecule has 0 spiro atoms. The summed E-state index contributed by atoms with van der Waals surface area (Å²) < 4.78 is 28.5. The highest BCUT2D eigenvalue weighted by Crippen LogP contribution is 2.38. The van der Waals surface area contributed by atoms with Gasteiger partial charge in [0.05, 0.1) is 43.2 Å². The maximum Gasteiger partial charge on any atom is 0.409 e. The van der Waals surface area contributed by atoms with Crippen molar-refractivity contribution >= 4 is 90.2 Å². The lowest BCUT2D eigenvalue weighted by Crippen LogP contribution is -2.54. The first-order valence-corrected chi connectivity index (χ1v) is 29.3. The largest absolute Gasteiger partial charge is 0.495 e. The number of nitrogens with two attached hydrogens (primary N) is 1. The van der Waals surface area contributed by atoms with Crippen molar-refractivity contribution in [3.63, 3.8) is 0 Å². The quantitative estimate of drug-likeness (QED) is 0.0310. The Morgan fingerprint density at radius 1 is 0.943 bits per heavy atom. The zero-order valence-corrected chi connectivity index (χ0v) is 52.1. The average Bonchev–Trinajstić information content (AvgIpc) is 3.35. The van der Waals surface area contributed by atoms with Crippen molar-refractivity contribution in [1.82, 2.24) is 31.1 Å². The Balaban J connectivity index is 1.38. The number of aliphatic hydroxyl groups excluding tert-OH is 1. The number of unbranched alkanes of at least 4 members (excludes halogenated alkanes) is 1. The van der Waals surface area contributed by atoms with Crippen LogP contribution in [0.25, 0.3) is 0 Å². The maximum absolute atomic E-state index is 14.3. The first kappa shape index (κ1) is 71.8. The summed E-state index contributed by atoms with van der Waals surface area (Å²) in [4.78, 5) is 133. The van der Waals surface area contributed by atoms with E-state index in [1.165, 1.54) is 45.2 Å². The van der Waals surface area contributed by atoms with Gasteiger partial charge in [-0.3, -0.25) is 28.8 Å². The third-order valence-corrected chi connectivity index (χ3v) is 15.5. The van der Waals surface area contributed by atoms with Crippen LogP contribution in [-0.4, -0.2) is 180 Å². The van der Waals surface area contributed by atoms with Gasteiger partial charge in [0, 0.05) is 78.1 Å². The molecule has 87 heavy (non-hydrogen) atoms. The zero-order valence-electron chi connectivity index (χ0n) is 51.3. The molecule has 4 bridgehead atoms. The van der Waals surface area contributed by atoms with Crippen molar-refractivity contribution in [2.75, 3.05) is 65.2 Å². The number of urea groups is 1.